The van der Waals surface area contributed by atoms with Gasteiger partial charge in [-0.15, -0.1) is 0 Å². The SMILES string of the molecule is C.CC(C)c1cnn(C)c1.Cc1nc2ccccc2n1C(C)C. The van der Waals surface area contributed by atoms with Gasteiger partial charge >= 0.3 is 0 Å². The first-order valence-electron chi connectivity index (χ1n) is 7.82. The van der Waals surface area contributed by atoms with Crippen LogP contribution >= 0.6 is 0 Å². The molecule has 3 aromatic rings. The molecule has 1 aromatic carbocycles. The number of imidazole rings is 1. The Bertz CT molecular complexity index is 735. The van der Waals surface area contributed by atoms with Crippen LogP contribution in [0.3, 0.4) is 0 Å². The lowest BCUT2D eigenvalue weighted by molar-refractivity contribution is 0.600. The van der Waals surface area contributed by atoms with Crippen LogP contribution in [-0.2, 0) is 7.05 Å². The molecular formula is C19H30N4. The Hall–Kier alpha value is -2.10. The Kier molecular flexibility index (Phi) is 6.55. The summed E-state index contributed by atoms with van der Waals surface area (Å²) in [7, 11) is 1.94. The molecule has 0 unspecified atom stereocenters. The number of hydrogen-bond donors (Lipinski definition) is 0. The topological polar surface area (TPSA) is 35.6 Å². The third-order valence-electron chi connectivity index (χ3n) is 3.68. The third kappa shape index (κ3) is 4.44. The largest absolute Gasteiger partial charge is 0.326 e. The molecule has 0 atom stereocenters. The molecule has 3 rings (SSSR count). The molecule has 0 spiro atoms. The highest BCUT2D eigenvalue weighted by molar-refractivity contribution is 5.75. The van der Waals surface area contributed by atoms with Crippen LogP contribution in [0, 0.1) is 6.92 Å². The molecular weight excluding hydrogens is 284 g/mol. The van der Waals surface area contributed by atoms with Gasteiger partial charge in [0.05, 0.1) is 17.2 Å². The highest BCUT2D eigenvalue weighted by atomic mass is 15.2. The molecule has 0 amide bonds. The van der Waals surface area contributed by atoms with Gasteiger partial charge in [0.15, 0.2) is 0 Å². The minimum Gasteiger partial charge on any atom is -0.326 e. The minimum atomic E-state index is 0. The quantitative estimate of drug-likeness (QED) is 0.659. The normalized spacial score (nSPS) is 10.6. The van der Waals surface area contributed by atoms with Crippen molar-refractivity contribution in [1.29, 1.82) is 0 Å². The molecule has 0 saturated carbocycles. The van der Waals surface area contributed by atoms with E-state index in [1.165, 1.54) is 11.1 Å². The van der Waals surface area contributed by atoms with E-state index in [9.17, 15) is 0 Å². The number of nitrogens with zero attached hydrogens (tertiary/aromatic N) is 4. The number of benzene rings is 1. The molecule has 0 N–H and O–H groups in total. The van der Waals surface area contributed by atoms with E-state index in [-0.39, 0.29) is 7.43 Å². The fraction of sp³-hybridized carbons (Fsp3) is 0.474. The van der Waals surface area contributed by atoms with Crippen molar-refractivity contribution in [2.24, 2.45) is 7.05 Å². The molecule has 2 heterocycles. The average Bonchev–Trinajstić information content (AvgIpc) is 3.01. The summed E-state index contributed by atoms with van der Waals surface area (Å²) in [6.07, 6.45) is 3.95. The van der Waals surface area contributed by atoms with E-state index >= 15 is 0 Å². The van der Waals surface area contributed by atoms with Gasteiger partial charge in [0, 0.05) is 19.3 Å². The molecule has 0 saturated heterocycles. The number of para-hydroxylation sites is 2. The van der Waals surface area contributed by atoms with Gasteiger partial charge in [0.2, 0.25) is 0 Å². The van der Waals surface area contributed by atoms with Crippen LogP contribution in [0.25, 0.3) is 11.0 Å². The van der Waals surface area contributed by atoms with Gasteiger partial charge in [0.25, 0.3) is 0 Å². The first-order valence-corrected chi connectivity index (χ1v) is 7.82. The van der Waals surface area contributed by atoms with Crippen molar-refractivity contribution in [3.05, 3.63) is 48.0 Å². The Morgan fingerprint density at radius 3 is 2.17 bits per heavy atom. The van der Waals surface area contributed by atoms with E-state index < -0.39 is 0 Å². The van der Waals surface area contributed by atoms with Gasteiger partial charge in [0.1, 0.15) is 5.82 Å². The zero-order valence-corrected chi connectivity index (χ0v) is 14.4. The summed E-state index contributed by atoms with van der Waals surface area (Å²) in [5.41, 5.74) is 3.63. The second-order valence-corrected chi connectivity index (χ2v) is 6.21. The van der Waals surface area contributed by atoms with Crippen molar-refractivity contribution in [2.75, 3.05) is 0 Å². The van der Waals surface area contributed by atoms with E-state index in [0.717, 1.165) is 11.3 Å². The van der Waals surface area contributed by atoms with Crippen molar-refractivity contribution in [2.45, 2.75) is 54.0 Å². The van der Waals surface area contributed by atoms with Crippen molar-refractivity contribution < 1.29 is 0 Å². The van der Waals surface area contributed by atoms with Crippen LogP contribution < -0.4 is 0 Å². The summed E-state index contributed by atoms with van der Waals surface area (Å²) < 4.78 is 4.09. The number of fused-ring (bicyclic) bond motifs is 1. The number of aryl methyl sites for hydroxylation is 2. The fourth-order valence-electron chi connectivity index (χ4n) is 2.56. The van der Waals surface area contributed by atoms with Crippen molar-refractivity contribution in [3.63, 3.8) is 0 Å². The molecule has 0 radical (unpaired) electrons. The first kappa shape index (κ1) is 18.9. The molecule has 0 aliphatic rings. The maximum absolute atomic E-state index is 4.50. The summed E-state index contributed by atoms with van der Waals surface area (Å²) in [5.74, 6) is 1.69. The van der Waals surface area contributed by atoms with Crippen molar-refractivity contribution in [3.8, 4) is 0 Å². The van der Waals surface area contributed by atoms with E-state index in [4.69, 9.17) is 0 Å². The molecule has 2 aromatic heterocycles. The number of aromatic nitrogens is 4. The molecule has 0 aliphatic carbocycles. The molecule has 4 heteroatoms. The maximum Gasteiger partial charge on any atom is 0.106 e. The summed E-state index contributed by atoms with van der Waals surface area (Å²) in [6.45, 7) is 10.7. The number of rotatable bonds is 2. The van der Waals surface area contributed by atoms with Crippen LogP contribution in [0.4, 0.5) is 0 Å². The second kappa shape index (κ2) is 7.95. The fourth-order valence-corrected chi connectivity index (χ4v) is 2.56. The zero-order valence-electron chi connectivity index (χ0n) is 14.4. The number of hydrogen-bond acceptors (Lipinski definition) is 2. The predicted molar refractivity (Wildman–Crippen MR) is 98.9 cm³/mol. The van der Waals surface area contributed by atoms with Gasteiger partial charge in [-0.05, 0) is 44.4 Å². The van der Waals surface area contributed by atoms with Gasteiger partial charge in [-0.2, -0.15) is 5.10 Å². The predicted octanol–water partition coefficient (Wildman–Crippen LogP) is 5.11. The van der Waals surface area contributed by atoms with Crippen LogP contribution in [0.5, 0.6) is 0 Å². The van der Waals surface area contributed by atoms with E-state index in [1.807, 2.05) is 30.2 Å². The van der Waals surface area contributed by atoms with Crippen LogP contribution in [0.15, 0.2) is 36.7 Å². The van der Waals surface area contributed by atoms with E-state index in [1.54, 1.807) is 0 Å². The van der Waals surface area contributed by atoms with Crippen molar-refractivity contribution in [1.82, 2.24) is 19.3 Å². The Balaban J connectivity index is 0.000000235. The lowest BCUT2D eigenvalue weighted by atomic mass is 10.1. The summed E-state index contributed by atoms with van der Waals surface area (Å²) >= 11 is 0. The van der Waals surface area contributed by atoms with Crippen LogP contribution in [0.1, 0.15) is 58.5 Å². The summed E-state index contributed by atoms with van der Waals surface area (Å²) in [4.78, 5) is 4.50. The molecule has 0 aliphatic heterocycles. The Labute approximate surface area is 140 Å². The first-order chi connectivity index (χ1) is 10.4. The van der Waals surface area contributed by atoms with Crippen LogP contribution in [0.2, 0.25) is 0 Å². The highest BCUT2D eigenvalue weighted by Crippen LogP contribution is 2.19. The molecule has 0 bridgehead atoms. The highest BCUT2D eigenvalue weighted by Gasteiger charge is 2.08. The zero-order chi connectivity index (χ0) is 16.3. The summed E-state index contributed by atoms with van der Waals surface area (Å²) in [5, 5.41) is 4.05. The van der Waals surface area contributed by atoms with Crippen molar-refractivity contribution >= 4 is 11.0 Å². The molecule has 23 heavy (non-hydrogen) atoms. The lowest BCUT2D eigenvalue weighted by Gasteiger charge is -2.10. The van der Waals surface area contributed by atoms with E-state index in [0.29, 0.717) is 12.0 Å². The summed E-state index contributed by atoms with van der Waals surface area (Å²) in [6, 6.07) is 8.74. The molecule has 0 fully saturated rings. The monoisotopic (exact) mass is 314 g/mol. The molecule has 4 nitrogen and oxygen atoms in total. The van der Waals surface area contributed by atoms with Gasteiger partial charge in [-0.3, -0.25) is 4.68 Å². The van der Waals surface area contributed by atoms with Gasteiger partial charge in [-0.1, -0.05) is 33.4 Å². The van der Waals surface area contributed by atoms with Crippen LogP contribution in [-0.4, -0.2) is 19.3 Å². The van der Waals surface area contributed by atoms with Gasteiger partial charge in [-0.25, -0.2) is 4.98 Å². The maximum atomic E-state index is 4.50. The Morgan fingerprint density at radius 1 is 1.04 bits per heavy atom. The Morgan fingerprint density at radius 2 is 1.70 bits per heavy atom. The minimum absolute atomic E-state index is 0. The second-order valence-electron chi connectivity index (χ2n) is 6.21. The lowest BCUT2D eigenvalue weighted by Crippen LogP contribution is -2.02. The third-order valence-corrected chi connectivity index (χ3v) is 3.68. The van der Waals surface area contributed by atoms with E-state index in [2.05, 4.69) is 67.5 Å². The standard InChI is InChI=1S/C11H14N2.C7H12N2.CH4/c1-8(2)13-9(3)12-10-6-4-5-7-11(10)13;1-6(2)7-4-8-9(3)5-7;/h4-8H,1-3H3;4-6H,1-3H3;1H4. The smallest absolute Gasteiger partial charge is 0.106 e. The molecule has 126 valence electrons. The van der Waals surface area contributed by atoms with Gasteiger partial charge < -0.3 is 4.57 Å². The average molecular weight is 314 g/mol.